The van der Waals surface area contributed by atoms with Gasteiger partial charge in [0.1, 0.15) is 4.88 Å². The zero-order valence-corrected chi connectivity index (χ0v) is 12.9. The summed E-state index contributed by atoms with van der Waals surface area (Å²) in [5, 5.41) is 13.7. The summed E-state index contributed by atoms with van der Waals surface area (Å²) in [4.78, 5) is 12.9. The van der Waals surface area contributed by atoms with Gasteiger partial charge in [0.15, 0.2) is 0 Å². The number of thiophene rings is 1. The molecule has 1 aliphatic rings. The molecule has 1 amide bonds. The predicted octanol–water partition coefficient (Wildman–Crippen LogP) is 2.68. The largest absolute Gasteiger partial charge is 0.397 e. The molecular weight excluding hydrogens is 284 g/mol. The van der Waals surface area contributed by atoms with E-state index in [9.17, 15) is 9.90 Å². The van der Waals surface area contributed by atoms with E-state index in [-0.39, 0.29) is 17.9 Å². The minimum absolute atomic E-state index is 0.132. The number of carbonyl (C=O) groups excluding carboxylic acids is 1. The Morgan fingerprint density at radius 3 is 2.95 bits per heavy atom. The van der Waals surface area contributed by atoms with E-state index in [0.717, 1.165) is 34.9 Å². The Hall–Kier alpha value is -1.59. The van der Waals surface area contributed by atoms with Crippen molar-refractivity contribution in [2.45, 2.75) is 32.3 Å². The Morgan fingerprint density at radius 2 is 2.29 bits per heavy atom. The lowest BCUT2D eigenvalue weighted by Crippen LogP contribution is -2.32. The first-order valence-corrected chi connectivity index (χ1v) is 8.13. The van der Waals surface area contributed by atoms with Gasteiger partial charge in [-0.25, -0.2) is 0 Å². The van der Waals surface area contributed by atoms with Crippen molar-refractivity contribution in [2.75, 3.05) is 12.3 Å². The Balaban J connectivity index is 1.78. The molecule has 0 aliphatic heterocycles. The fourth-order valence-electron chi connectivity index (χ4n) is 3.01. The number of nitrogen functional groups attached to an aromatic ring is 1. The van der Waals surface area contributed by atoms with Crippen molar-refractivity contribution < 1.29 is 9.90 Å². The van der Waals surface area contributed by atoms with E-state index in [0.29, 0.717) is 17.1 Å². The number of aliphatic hydroxyl groups is 1. The highest BCUT2D eigenvalue weighted by molar-refractivity contribution is 7.21. The number of aliphatic hydroxyl groups excluding tert-OH is 1. The van der Waals surface area contributed by atoms with E-state index in [2.05, 4.69) is 5.32 Å². The summed E-state index contributed by atoms with van der Waals surface area (Å²) in [6.45, 7) is 2.54. The van der Waals surface area contributed by atoms with Crippen LogP contribution in [0.15, 0.2) is 18.2 Å². The molecule has 1 aromatic carbocycles. The molecule has 1 fully saturated rings. The first kappa shape index (κ1) is 14.4. The number of hydrogen-bond acceptors (Lipinski definition) is 4. The summed E-state index contributed by atoms with van der Waals surface area (Å²) >= 11 is 1.44. The van der Waals surface area contributed by atoms with Crippen LogP contribution in [-0.2, 0) is 0 Å². The van der Waals surface area contributed by atoms with Crippen LogP contribution in [0.2, 0.25) is 0 Å². The molecule has 4 nitrogen and oxygen atoms in total. The second kappa shape index (κ2) is 5.66. The Kier molecular flexibility index (Phi) is 3.87. The first-order chi connectivity index (χ1) is 10.1. The number of aryl methyl sites for hydroxylation is 1. The molecule has 2 aromatic rings. The molecule has 4 N–H and O–H groups in total. The summed E-state index contributed by atoms with van der Waals surface area (Å²) in [7, 11) is 0. The Labute approximate surface area is 128 Å². The topological polar surface area (TPSA) is 75.4 Å². The van der Waals surface area contributed by atoms with Crippen LogP contribution in [0.5, 0.6) is 0 Å². The monoisotopic (exact) mass is 304 g/mol. The molecule has 3 rings (SSSR count). The standard InChI is InChI=1S/C16H20N2O2S/c1-9-4-2-6-11-13(17)15(21-14(9)11)16(20)18-8-10-5-3-7-12(10)19/h2,4,6,10,12,19H,3,5,7-8,17H2,1H3,(H,18,20). The molecule has 0 saturated heterocycles. The average molecular weight is 304 g/mol. The summed E-state index contributed by atoms with van der Waals surface area (Å²) in [6, 6.07) is 5.93. The lowest BCUT2D eigenvalue weighted by Gasteiger charge is -2.14. The highest BCUT2D eigenvalue weighted by Crippen LogP contribution is 2.35. The number of benzene rings is 1. The van der Waals surface area contributed by atoms with Gasteiger partial charge in [-0.3, -0.25) is 4.79 Å². The second-order valence-corrected chi connectivity index (χ2v) is 6.79. The number of fused-ring (bicyclic) bond motifs is 1. The van der Waals surface area contributed by atoms with Gasteiger partial charge in [-0.05, 0) is 25.3 Å². The van der Waals surface area contributed by atoms with Crippen LogP contribution >= 0.6 is 11.3 Å². The molecule has 1 saturated carbocycles. The van der Waals surface area contributed by atoms with Crippen molar-refractivity contribution in [3.63, 3.8) is 0 Å². The molecule has 1 heterocycles. The highest BCUT2D eigenvalue weighted by atomic mass is 32.1. The van der Waals surface area contributed by atoms with Gasteiger partial charge in [0, 0.05) is 22.5 Å². The third-order valence-electron chi connectivity index (χ3n) is 4.30. The van der Waals surface area contributed by atoms with Crippen LogP contribution in [0.25, 0.3) is 10.1 Å². The molecular formula is C16H20N2O2S. The van der Waals surface area contributed by atoms with Gasteiger partial charge in [-0.15, -0.1) is 11.3 Å². The molecule has 2 atom stereocenters. The number of hydrogen-bond donors (Lipinski definition) is 3. The summed E-state index contributed by atoms with van der Waals surface area (Å²) in [5.74, 6) is 0.0403. The van der Waals surface area contributed by atoms with Gasteiger partial charge in [0.25, 0.3) is 5.91 Å². The average Bonchev–Trinajstić information content (AvgIpc) is 3.02. The minimum Gasteiger partial charge on any atom is -0.397 e. The quantitative estimate of drug-likeness (QED) is 0.816. The van der Waals surface area contributed by atoms with Gasteiger partial charge in [-0.2, -0.15) is 0 Å². The van der Waals surface area contributed by atoms with Gasteiger partial charge in [0.05, 0.1) is 11.8 Å². The lowest BCUT2D eigenvalue weighted by molar-refractivity contribution is 0.0921. The zero-order valence-electron chi connectivity index (χ0n) is 12.1. The van der Waals surface area contributed by atoms with Crippen molar-refractivity contribution in [3.8, 4) is 0 Å². The molecule has 0 spiro atoms. The van der Waals surface area contributed by atoms with E-state index < -0.39 is 0 Å². The van der Waals surface area contributed by atoms with E-state index in [1.54, 1.807) is 0 Å². The van der Waals surface area contributed by atoms with E-state index in [1.165, 1.54) is 11.3 Å². The van der Waals surface area contributed by atoms with Crippen LogP contribution in [-0.4, -0.2) is 23.7 Å². The molecule has 0 radical (unpaired) electrons. The van der Waals surface area contributed by atoms with Crippen molar-refractivity contribution >= 4 is 33.0 Å². The number of amides is 1. The van der Waals surface area contributed by atoms with Crippen LogP contribution in [0, 0.1) is 12.8 Å². The van der Waals surface area contributed by atoms with Crippen LogP contribution in [0.4, 0.5) is 5.69 Å². The first-order valence-electron chi connectivity index (χ1n) is 7.31. The van der Waals surface area contributed by atoms with Crippen molar-refractivity contribution in [1.82, 2.24) is 5.32 Å². The van der Waals surface area contributed by atoms with E-state index in [1.807, 2.05) is 25.1 Å². The SMILES string of the molecule is Cc1cccc2c(N)c(C(=O)NCC3CCCC3O)sc12. The summed E-state index contributed by atoms with van der Waals surface area (Å²) in [5.41, 5.74) is 7.81. The Bertz CT molecular complexity index is 680. The highest BCUT2D eigenvalue weighted by Gasteiger charge is 2.26. The third kappa shape index (κ3) is 2.63. The minimum atomic E-state index is -0.285. The molecule has 0 bridgehead atoms. The van der Waals surface area contributed by atoms with Crippen molar-refractivity contribution in [3.05, 3.63) is 28.6 Å². The number of anilines is 1. The molecule has 21 heavy (non-hydrogen) atoms. The third-order valence-corrected chi connectivity index (χ3v) is 5.66. The maximum atomic E-state index is 12.3. The smallest absolute Gasteiger partial charge is 0.263 e. The second-order valence-electron chi connectivity index (χ2n) is 5.76. The molecule has 5 heteroatoms. The fraction of sp³-hybridized carbons (Fsp3) is 0.438. The number of nitrogens with two attached hydrogens (primary N) is 1. The maximum absolute atomic E-state index is 12.3. The molecule has 112 valence electrons. The van der Waals surface area contributed by atoms with Gasteiger partial charge >= 0.3 is 0 Å². The normalized spacial score (nSPS) is 21.8. The zero-order chi connectivity index (χ0) is 15.0. The van der Waals surface area contributed by atoms with E-state index in [4.69, 9.17) is 5.73 Å². The predicted molar refractivity (Wildman–Crippen MR) is 86.7 cm³/mol. The number of carbonyl (C=O) groups is 1. The van der Waals surface area contributed by atoms with Gasteiger partial charge < -0.3 is 16.2 Å². The number of rotatable bonds is 3. The van der Waals surface area contributed by atoms with Crippen LogP contribution in [0.1, 0.15) is 34.5 Å². The summed E-state index contributed by atoms with van der Waals surface area (Å²) in [6.07, 6.45) is 2.56. The van der Waals surface area contributed by atoms with Crippen LogP contribution in [0.3, 0.4) is 0 Å². The van der Waals surface area contributed by atoms with Crippen molar-refractivity contribution in [1.29, 1.82) is 0 Å². The molecule has 1 aliphatic carbocycles. The molecule has 1 aromatic heterocycles. The fourth-order valence-corrected chi connectivity index (χ4v) is 4.11. The molecule has 2 unspecified atom stereocenters. The summed E-state index contributed by atoms with van der Waals surface area (Å²) < 4.78 is 1.07. The maximum Gasteiger partial charge on any atom is 0.263 e. The van der Waals surface area contributed by atoms with Gasteiger partial charge in [0.2, 0.25) is 0 Å². The Morgan fingerprint density at radius 1 is 1.48 bits per heavy atom. The van der Waals surface area contributed by atoms with E-state index >= 15 is 0 Å². The number of nitrogens with one attached hydrogen (secondary N) is 1. The van der Waals surface area contributed by atoms with Crippen molar-refractivity contribution in [2.24, 2.45) is 5.92 Å². The van der Waals surface area contributed by atoms with Crippen LogP contribution < -0.4 is 11.1 Å². The lowest BCUT2D eigenvalue weighted by atomic mass is 10.1. The van der Waals surface area contributed by atoms with Gasteiger partial charge in [-0.1, -0.05) is 24.6 Å².